The van der Waals surface area contributed by atoms with Crippen molar-refractivity contribution in [2.45, 2.75) is 0 Å². The van der Waals surface area contributed by atoms with Crippen LogP contribution >= 0.6 is 0 Å². The smallest absolute Gasteiger partial charge is 0.341 e. The van der Waals surface area contributed by atoms with Gasteiger partial charge in [0.15, 0.2) is 0 Å². The Morgan fingerprint density at radius 1 is 1.47 bits per heavy atom. The molecule has 0 atom stereocenters. The molecule has 2 aromatic rings. The number of pyridine rings is 1. The van der Waals surface area contributed by atoms with Crippen LogP contribution in [0.25, 0.3) is 11.4 Å². The molecule has 0 unspecified atom stereocenters. The minimum Gasteiger partial charge on any atom is -0.477 e. The molecule has 2 aromatic heterocycles. The molecule has 0 saturated heterocycles. The summed E-state index contributed by atoms with van der Waals surface area (Å²) < 4.78 is 17.1. The van der Waals surface area contributed by atoms with Gasteiger partial charge in [0.2, 0.25) is 0 Å². The van der Waals surface area contributed by atoms with Crippen LogP contribution in [0.15, 0.2) is 29.1 Å². The van der Waals surface area contributed by atoms with Crippen molar-refractivity contribution in [3.05, 3.63) is 36.0 Å². The number of aromatic nitrogens is 2. The van der Waals surface area contributed by atoms with Gasteiger partial charge in [-0.25, -0.2) is 9.18 Å². The molecule has 6 heteroatoms. The standard InChI is InChI=1S/C9H5FN2O3/c10-5-1-2-7(11-3-5)8-6(9(13)14)4-15-12-8/h1-4H,(H,13,14). The van der Waals surface area contributed by atoms with Crippen molar-refractivity contribution in [1.29, 1.82) is 0 Å². The molecule has 0 aliphatic carbocycles. The van der Waals surface area contributed by atoms with Crippen molar-refractivity contribution in [1.82, 2.24) is 10.1 Å². The molecule has 0 spiro atoms. The van der Waals surface area contributed by atoms with Crippen LogP contribution in [0.4, 0.5) is 4.39 Å². The van der Waals surface area contributed by atoms with E-state index in [1.165, 1.54) is 12.1 Å². The van der Waals surface area contributed by atoms with E-state index >= 15 is 0 Å². The predicted molar refractivity (Wildman–Crippen MR) is 46.7 cm³/mol. The highest BCUT2D eigenvalue weighted by Gasteiger charge is 2.17. The Balaban J connectivity index is 2.49. The summed E-state index contributed by atoms with van der Waals surface area (Å²) in [5.74, 6) is -1.67. The van der Waals surface area contributed by atoms with Crippen LogP contribution in [-0.2, 0) is 0 Å². The van der Waals surface area contributed by atoms with Gasteiger partial charge in [0.05, 0.1) is 11.9 Å². The summed E-state index contributed by atoms with van der Waals surface area (Å²) in [6.45, 7) is 0. The zero-order valence-corrected chi connectivity index (χ0v) is 7.35. The Hall–Kier alpha value is -2.24. The van der Waals surface area contributed by atoms with Crippen molar-refractivity contribution in [3.8, 4) is 11.4 Å². The van der Waals surface area contributed by atoms with Crippen molar-refractivity contribution in [3.63, 3.8) is 0 Å². The van der Waals surface area contributed by atoms with Crippen LogP contribution in [0, 0.1) is 5.82 Å². The number of carboxylic acid groups (broad SMARTS) is 1. The molecular formula is C9H5FN2O3. The third kappa shape index (κ3) is 1.69. The zero-order valence-electron chi connectivity index (χ0n) is 7.35. The van der Waals surface area contributed by atoms with E-state index in [1.54, 1.807) is 0 Å². The van der Waals surface area contributed by atoms with Gasteiger partial charge in [0, 0.05) is 0 Å². The maximum atomic E-state index is 12.6. The van der Waals surface area contributed by atoms with Crippen LogP contribution in [0.1, 0.15) is 10.4 Å². The van der Waals surface area contributed by atoms with Gasteiger partial charge < -0.3 is 9.63 Å². The number of hydrogen-bond donors (Lipinski definition) is 1. The topological polar surface area (TPSA) is 76.2 Å². The molecule has 0 aliphatic heterocycles. The van der Waals surface area contributed by atoms with E-state index in [0.29, 0.717) is 0 Å². The first-order chi connectivity index (χ1) is 7.18. The molecule has 0 fully saturated rings. The van der Waals surface area contributed by atoms with Crippen molar-refractivity contribution >= 4 is 5.97 Å². The number of nitrogens with zero attached hydrogens (tertiary/aromatic N) is 2. The van der Waals surface area contributed by atoms with E-state index in [2.05, 4.69) is 14.7 Å². The normalized spacial score (nSPS) is 10.2. The first-order valence-electron chi connectivity index (χ1n) is 3.98. The summed E-state index contributed by atoms with van der Waals surface area (Å²) in [6, 6.07) is 2.50. The van der Waals surface area contributed by atoms with E-state index in [4.69, 9.17) is 5.11 Å². The third-order valence-corrected chi connectivity index (χ3v) is 1.77. The number of hydrogen-bond acceptors (Lipinski definition) is 4. The lowest BCUT2D eigenvalue weighted by Gasteiger charge is -1.95. The van der Waals surface area contributed by atoms with Gasteiger partial charge in [-0.05, 0) is 12.1 Å². The molecule has 2 heterocycles. The Morgan fingerprint density at radius 3 is 2.87 bits per heavy atom. The Bertz CT molecular complexity index is 492. The van der Waals surface area contributed by atoms with E-state index in [9.17, 15) is 9.18 Å². The first kappa shape index (κ1) is 9.32. The molecule has 0 amide bonds. The van der Waals surface area contributed by atoms with Gasteiger partial charge in [0.1, 0.15) is 23.3 Å². The van der Waals surface area contributed by atoms with Crippen LogP contribution in [0.2, 0.25) is 0 Å². The Labute approximate surface area is 83.2 Å². The van der Waals surface area contributed by atoms with Crippen molar-refractivity contribution in [2.24, 2.45) is 0 Å². The molecule has 0 aromatic carbocycles. The molecule has 76 valence electrons. The molecule has 5 nitrogen and oxygen atoms in total. The van der Waals surface area contributed by atoms with Gasteiger partial charge in [-0.2, -0.15) is 0 Å². The van der Waals surface area contributed by atoms with E-state index in [1.807, 2.05) is 0 Å². The van der Waals surface area contributed by atoms with Gasteiger partial charge in [0.25, 0.3) is 0 Å². The Kier molecular flexibility index (Phi) is 2.17. The monoisotopic (exact) mass is 208 g/mol. The highest BCUT2D eigenvalue weighted by molar-refractivity contribution is 5.93. The fourth-order valence-electron chi connectivity index (χ4n) is 1.09. The van der Waals surface area contributed by atoms with Crippen LogP contribution < -0.4 is 0 Å². The number of aromatic carboxylic acids is 1. The molecule has 0 bridgehead atoms. The number of halogens is 1. The van der Waals surface area contributed by atoms with Crippen molar-refractivity contribution < 1.29 is 18.8 Å². The van der Waals surface area contributed by atoms with E-state index in [-0.39, 0.29) is 17.0 Å². The third-order valence-electron chi connectivity index (χ3n) is 1.77. The second kappa shape index (κ2) is 3.49. The lowest BCUT2D eigenvalue weighted by molar-refractivity contribution is 0.0697. The second-order valence-corrected chi connectivity index (χ2v) is 2.74. The van der Waals surface area contributed by atoms with E-state index < -0.39 is 11.8 Å². The van der Waals surface area contributed by atoms with Gasteiger partial charge in [-0.3, -0.25) is 4.98 Å². The lowest BCUT2D eigenvalue weighted by atomic mass is 10.2. The first-order valence-corrected chi connectivity index (χ1v) is 3.98. The highest BCUT2D eigenvalue weighted by atomic mass is 19.1. The van der Waals surface area contributed by atoms with Gasteiger partial charge in [-0.15, -0.1) is 0 Å². The van der Waals surface area contributed by atoms with Gasteiger partial charge >= 0.3 is 5.97 Å². The largest absolute Gasteiger partial charge is 0.477 e. The van der Waals surface area contributed by atoms with Crippen LogP contribution in [0.5, 0.6) is 0 Å². The molecule has 2 rings (SSSR count). The fraction of sp³-hybridized carbons (Fsp3) is 0. The molecule has 1 N–H and O–H groups in total. The second-order valence-electron chi connectivity index (χ2n) is 2.74. The quantitative estimate of drug-likeness (QED) is 0.810. The zero-order chi connectivity index (χ0) is 10.8. The predicted octanol–water partition coefficient (Wildman–Crippen LogP) is 1.57. The number of carboxylic acids is 1. The molecular weight excluding hydrogens is 203 g/mol. The Morgan fingerprint density at radius 2 is 2.27 bits per heavy atom. The molecule has 0 saturated carbocycles. The van der Waals surface area contributed by atoms with Crippen molar-refractivity contribution in [2.75, 3.05) is 0 Å². The van der Waals surface area contributed by atoms with Crippen LogP contribution in [0.3, 0.4) is 0 Å². The summed E-state index contributed by atoms with van der Waals surface area (Å²) in [6.07, 6.45) is 1.98. The number of carbonyl (C=O) groups is 1. The maximum Gasteiger partial charge on any atom is 0.341 e. The fourth-order valence-corrected chi connectivity index (χ4v) is 1.09. The average Bonchev–Trinajstić information content (AvgIpc) is 2.67. The highest BCUT2D eigenvalue weighted by Crippen LogP contribution is 2.19. The average molecular weight is 208 g/mol. The summed E-state index contributed by atoms with van der Waals surface area (Å²) in [5, 5.41) is 12.3. The number of rotatable bonds is 2. The summed E-state index contributed by atoms with van der Waals surface area (Å²) >= 11 is 0. The minimum atomic E-state index is -1.17. The van der Waals surface area contributed by atoms with Gasteiger partial charge in [-0.1, -0.05) is 5.16 Å². The summed E-state index contributed by atoms with van der Waals surface area (Å²) in [4.78, 5) is 14.4. The maximum absolute atomic E-state index is 12.6. The summed E-state index contributed by atoms with van der Waals surface area (Å²) in [5.41, 5.74) is 0.235. The van der Waals surface area contributed by atoms with Crippen LogP contribution in [-0.4, -0.2) is 21.2 Å². The molecule has 0 radical (unpaired) electrons. The van der Waals surface area contributed by atoms with E-state index in [0.717, 1.165) is 12.5 Å². The molecule has 0 aliphatic rings. The minimum absolute atomic E-state index is 0.0856. The lowest BCUT2D eigenvalue weighted by Crippen LogP contribution is -1.97. The summed E-state index contributed by atoms with van der Waals surface area (Å²) in [7, 11) is 0. The molecule has 15 heavy (non-hydrogen) atoms. The SMILES string of the molecule is O=C(O)c1conc1-c1ccc(F)cn1.